The highest BCUT2D eigenvalue weighted by Crippen LogP contribution is 2.37. The number of nitrogens with zero attached hydrogens (tertiary/aromatic N) is 1. The van der Waals surface area contributed by atoms with Gasteiger partial charge in [0.2, 0.25) is 0 Å². The molecular weight excluding hydrogens is 209 g/mol. The Bertz CT molecular complexity index is 401. The van der Waals surface area contributed by atoms with E-state index in [-0.39, 0.29) is 28.5 Å². The fourth-order valence-corrected chi connectivity index (χ4v) is 1.32. The van der Waals surface area contributed by atoms with Crippen molar-refractivity contribution >= 4 is 11.6 Å². The summed E-state index contributed by atoms with van der Waals surface area (Å²) in [5, 5.41) is 17.6. The van der Waals surface area contributed by atoms with Crippen LogP contribution in [0.5, 0.6) is 11.5 Å². The van der Waals surface area contributed by atoms with E-state index in [4.69, 9.17) is 21.6 Å². The van der Waals surface area contributed by atoms with Crippen molar-refractivity contribution in [1.82, 2.24) is 0 Å². The molecule has 0 bridgehead atoms. The number of methoxy groups -OCH3 is 1. The van der Waals surface area contributed by atoms with E-state index in [1.165, 1.54) is 7.11 Å². The Balaban J connectivity index is 3.41. The first-order valence-corrected chi connectivity index (χ1v) is 4.10. The number of hydrogen-bond acceptors (Lipinski definition) is 3. The zero-order valence-corrected chi connectivity index (χ0v) is 8.10. The maximum atomic E-state index is 13.0. The third-order valence-corrected chi connectivity index (χ3v) is 2.11. The van der Waals surface area contributed by atoms with Crippen molar-refractivity contribution in [2.24, 2.45) is 0 Å². The van der Waals surface area contributed by atoms with Gasteiger partial charge in [0.25, 0.3) is 0 Å². The summed E-state index contributed by atoms with van der Waals surface area (Å²) in [7, 11) is 1.31. The molecule has 3 nitrogen and oxygen atoms in total. The zero-order chi connectivity index (χ0) is 10.7. The van der Waals surface area contributed by atoms with Gasteiger partial charge in [-0.05, 0) is 0 Å². The van der Waals surface area contributed by atoms with Crippen molar-refractivity contribution in [2.45, 2.75) is 6.42 Å². The summed E-state index contributed by atoms with van der Waals surface area (Å²) in [5.74, 6) is -1.09. The second-order valence-corrected chi connectivity index (χ2v) is 2.92. The van der Waals surface area contributed by atoms with Crippen LogP contribution in [-0.4, -0.2) is 12.2 Å². The number of nitriles is 1. The van der Waals surface area contributed by atoms with E-state index in [2.05, 4.69) is 0 Å². The van der Waals surface area contributed by atoms with Crippen molar-refractivity contribution in [3.05, 3.63) is 22.5 Å². The minimum Gasteiger partial charge on any atom is -0.504 e. The predicted molar refractivity (Wildman–Crippen MR) is 48.9 cm³/mol. The molecule has 0 fully saturated rings. The summed E-state index contributed by atoms with van der Waals surface area (Å²) in [6, 6.07) is 2.66. The second-order valence-electron chi connectivity index (χ2n) is 2.54. The molecule has 0 saturated carbocycles. The first-order valence-electron chi connectivity index (χ1n) is 3.72. The molecule has 0 heterocycles. The van der Waals surface area contributed by atoms with Crippen molar-refractivity contribution in [3.8, 4) is 17.6 Å². The maximum absolute atomic E-state index is 13.0. The van der Waals surface area contributed by atoms with E-state index in [0.29, 0.717) is 0 Å². The van der Waals surface area contributed by atoms with Crippen LogP contribution in [0.15, 0.2) is 6.07 Å². The summed E-state index contributed by atoms with van der Waals surface area (Å²) in [6.45, 7) is 0. The summed E-state index contributed by atoms with van der Waals surface area (Å²) < 4.78 is 17.8. The van der Waals surface area contributed by atoms with Crippen molar-refractivity contribution in [3.63, 3.8) is 0 Å². The quantitative estimate of drug-likeness (QED) is 0.823. The molecule has 1 N–H and O–H groups in total. The molecule has 0 aliphatic carbocycles. The van der Waals surface area contributed by atoms with Crippen molar-refractivity contribution in [2.75, 3.05) is 7.11 Å². The van der Waals surface area contributed by atoms with Crippen molar-refractivity contribution < 1.29 is 14.2 Å². The molecule has 14 heavy (non-hydrogen) atoms. The minimum atomic E-state index is -0.768. The average molecular weight is 216 g/mol. The van der Waals surface area contributed by atoms with E-state index < -0.39 is 5.82 Å². The molecule has 1 aromatic rings. The average Bonchev–Trinajstić information content (AvgIpc) is 2.14. The standard InChI is InChI=1S/C9H7ClFNO2/c1-14-9-5(2-3-12)8(10)6(11)4-7(9)13/h4,13H,2H2,1H3. The van der Waals surface area contributed by atoms with Crippen LogP contribution in [0.2, 0.25) is 5.02 Å². The van der Waals surface area contributed by atoms with Gasteiger partial charge in [-0.3, -0.25) is 0 Å². The van der Waals surface area contributed by atoms with Gasteiger partial charge in [0.1, 0.15) is 5.82 Å². The number of halogens is 2. The summed E-state index contributed by atoms with van der Waals surface area (Å²) in [5.41, 5.74) is 0.161. The number of hydrogen-bond donors (Lipinski definition) is 1. The van der Waals surface area contributed by atoms with Crippen LogP contribution in [0.1, 0.15) is 5.56 Å². The lowest BCUT2D eigenvalue weighted by atomic mass is 10.1. The maximum Gasteiger partial charge on any atom is 0.166 e. The van der Waals surface area contributed by atoms with E-state index >= 15 is 0 Å². The van der Waals surface area contributed by atoms with Gasteiger partial charge in [0, 0.05) is 11.6 Å². The van der Waals surface area contributed by atoms with Crippen LogP contribution in [0.4, 0.5) is 4.39 Å². The number of phenolic OH excluding ortho intramolecular Hbond substituents is 1. The van der Waals surface area contributed by atoms with E-state index in [0.717, 1.165) is 6.07 Å². The molecule has 0 unspecified atom stereocenters. The monoisotopic (exact) mass is 215 g/mol. The number of aromatic hydroxyl groups is 1. The van der Waals surface area contributed by atoms with Crippen molar-refractivity contribution in [1.29, 1.82) is 5.26 Å². The highest BCUT2D eigenvalue weighted by molar-refractivity contribution is 6.31. The van der Waals surface area contributed by atoms with Crippen LogP contribution in [0, 0.1) is 17.1 Å². The molecule has 0 amide bonds. The van der Waals surface area contributed by atoms with Gasteiger partial charge in [0.05, 0.1) is 24.6 Å². The summed E-state index contributed by atoms with van der Waals surface area (Å²) in [4.78, 5) is 0. The number of phenols is 1. The lowest BCUT2D eigenvalue weighted by Crippen LogP contribution is -1.95. The number of rotatable bonds is 2. The number of ether oxygens (including phenoxy) is 1. The molecule has 0 aromatic heterocycles. The fourth-order valence-electron chi connectivity index (χ4n) is 1.11. The zero-order valence-electron chi connectivity index (χ0n) is 7.34. The van der Waals surface area contributed by atoms with Gasteiger partial charge in [-0.25, -0.2) is 4.39 Å². The predicted octanol–water partition coefficient (Wildman–Crippen LogP) is 2.26. The third kappa shape index (κ3) is 1.73. The molecular formula is C9H7ClFNO2. The summed E-state index contributed by atoms with van der Waals surface area (Å²) >= 11 is 5.61. The van der Waals surface area contributed by atoms with E-state index in [1.807, 2.05) is 6.07 Å². The fraction of sp³-hybridized carbons (Fsp3) is 0.222. The first-order chi connectivity index (χ1) is 6.61. The lowest BCUT2D eigenvalue weighted by molar-refractivity contribution is 0.367. The Kier molecular flexibility index (Phi) is 3.15. The Morgan fingerprint density at radius 1 is 1.71 bits per heavy atom. The normalized spacial score (nSPS) is 9.57. The van der Waals surface area contributed by atoms with Crippen LogP contribution in [-0.2, 0) is 6.42 Å². The van der Waals surface area contributed by atoms with Crippen LogP contribution < -0.4 is 4.74 Å². The molecule has 0 spiro atoms. The third-order valence-electron chi connectivity index (χ3n) is 1.70. The topological polar surface area (TPSA) is 53.2 Å². The van der Waals surface area contributed by atoms with Gasteiger partial charge in [0.15, 0.2) is 11.5 Å². The first kappa shape index (κ1) is 10.6. The summed E-state index contributed by atoms with van der Waals surface area (Å²) in [6.07, 6.45) is -0.118. The highest BCUT2D eigenvalue weighted by Gasteiger charge is 2.16. The highest BCUT2D eigenvalue weighted by atomic mass is 35.5. The number of benzene rings is 1. The van der Waals surface area contributed by atoms with Crippen LogP contribution in [0.3, 0.4) is 0 Å². The van der Waals surface area contributed by atoms with Gasteiger partial charge in [-0.2, -0.15) is 5.26 Å². The molecule has 0 aliphatic rings. The molecule has 1 aromatic carbocycles. The molecule has 0 aliphatic heterocycles. The van der Waals surface area contributed by atoms with Crippen LogP contribution >= 0.6 is 11.6 Å². The largest absolute Gasteiger partial charge is 0.504 e. The Morgan fingerprint density at radius 2 is 2.36 bits per heavy atom. The lowest BCUT2D eigenvalue weighted by Gasteiger charge is -2.10. The second kappa shape index (κ2) is 4.16. The molecule has 0 atom stereocenters. The van der Waals surface area contributed by atoms with E-state index in [1.54, 1.807) is 0 Å². The van der Waals surface area contributed by atoms with Gasteiger partial charge in [-0.1, -0.05) is 11.6 Å². The molecule has 0 saturated heterocycles. The van der Waals surface area contributed by atoms with Gasteiger partial charge >= 0.3 is 0 Å². The molecule has 74 valence electrons. The van der Waals surface area contributed by atoms with E-state index in [9.17, 15) is 9.50 Å². The van der Waals surface area contributed by atoms with Gasteiger partial charge < -0.3 is 9.84 Å². The van der Waals surface area contributed by atoms with Crippen LogP contribution in [0.25, 0.3) is 0 Å². The SMILES string of the molecule is COc1c(O)cc(F)c(Cl)c1CC#N. The minimum absolute atomic E-state index is 0.0398. The van der Waals surface area contributed by atoms with Gasteiger partial charge in [-0.15, -0.1) is 0 Å². The Hall–Kier alpha value is -1.47. The Labute approximate surface area is 85.3 Å². The molecule has 1 rings (SSSR count). The molecule has 5 heteroatoms. The Morgan fingerprint density at radius 3 is 2.86 bits per heavy atom. The molecule has 0 radical (unpaired) electrons. The smallest absolute Gasteiger partial charge is 0.166 e.